The summed E-state index contributed by atoms with van der Waals surface area (Å²) in [5.41, 5.74) is 1.21. The summed E-state index contributed by atoms with van der Waals surface area (Å²) in [6.45, 7) is 0.337. The van der Waals surface area contributed by atoms with Crippen molar-refractivity contribution >= 4 is 28.1 Å². The minimum Gasteiger partial charge on any atom is -0.364 e. The number of benzene rings is 1. The van der Waals surface area contributed by atoms with Gasteiger partial charge in [0.15, 0.2) is 0 Å². The van der Waals surface area contributed by atoms with E-state index in [0.717, 1.165) is 41.2 Å². The van der Waals surface area contributed by atoms with Crippen LogP contribution in [0.1, 0.15) is 40.1 Å². The van der Waals surface area contributed by atoms with Crippen molar-refractivity contribution in [1.82, 2.24) is 9.96 Å². The maximum absolute atomic E-state index is 12.8. The van der Waals surface area contributed by atoms with Gasteiger partial charge in [-0.05, 0) is 37.5 Å². The van der Waals surface area contributed by atoms with Crippen molar-refractivity contribution in [2.75, 3.05) is 26.1 Å². The minimum atomic E-state index is -4.24. The van der Waals surface area contributed by atoms with Gasteiger partial charge >= 0.3 is 12.1 Å². The number of hydrogen-bond donors (Lipinski definition) is 1. The highest BCUT2D eigenvalue weighted by Crippen LogP contribution is 2.36. The fraction of sp³-hybridized carbons (Fsp3) is 0.455. The number of hydroxylamine groups is 2. The first kappa shape index (κ1) is 22.6. The molecule has 1 fully saturated rings. The van der Waals surface area contributed by atoms with Crippen molar-refractivity contribution in [1.29, 1.82) is 0 Å². The van der Waals surface area contributed by atoms with Crippen LogP contribution in [0.4, 0.5) is 18.2 Å². The van der Waals surface area contributed by atoms with E-state index in [9.17, 15) is 18.0 Å². The Morgan fingerprint density at radius 2 is 1.94 bits per heavy atom. The van der Waals surface area contributed by atoms with Crippen molar-refractivity contribution in [2.24, 2.45) is 4.99 Å². The minimum absolute atomic E-state index is 0.0557. The number of alkyl halides is 3. The molecule has 2 aliphatic rings. The average molecular weight is 467 g/mol. The van der Waals surface area contributed by atoms with Crippen molar-refractivity contribution in [3.8, 4) is 0 Å². The van der Waals surface area contributed by atoms with Gasteiger partial charge < -0.3 is 15.1 Å². The molecular weight excluding hydrogens is 441 g/mol. The molecule has 172 valence electrons. The molecule has 0 amide bonds. The molecule has 2 heterocycles. The number of fused-ring (bicyclic) bond motifs is 1. The van der Waals surface area contributed by atoms with Crippen LogP contribution in [0, 0.1) is 0 Å². The Balaban J connectivity index is 1.39. The summed E-state index contributed by atoms with van der Waals surface area (Å²) < 4.78 is 38.5. The first-order valence-corrected chi connectivity index (χ1v) is 11.2. The number of carbonyl (C=O) groups is 1. The number of anilines is 1. The van der Waals surface area contributed by atoms with Crippen LogP contribution in [0.25, 0.3) is 0 Å². The zero-order chi connectivity index (χ0) is 22.9. The second-order valence-electron chi connectivity index (χ2n) is 8.09. The molecule has 1 aromatic carbocycles. The van der Waals surface area contributed by atoms with E-state index < -0.39 is 18.6 Å². The molecule has 1 aromatic heterocycles. The Kier molecular flexibility index (Phi) is 6.43. The van der Waals surface area contributed by atoms with Crippen LogP contribution >= 0.6 is 11.3 Å². The smallest absolute Gasteiger partial charge is 0.364 e. The molecule has 1 aliphatic heterocycles. The predicted octanol–water partition coefficient (Wildman–Crippen LogP) is 4.54. The molecule has 0 saturated heterocycles. The summed E-state index contributed by atoms with van der Waals surface area (Å²) >= 11 is 1.13. The third kappa shape index (κ3) is 5.07. The molecule has 10 heteroatoms. The van der Waals surface area contributed by atoms with Crippen molar-refractivity contribution < 1.29 is 22.8 Å². The third-order valence-electron chi connectivity index (χ3n) is 5.88. The summed E-state index contributed by atoms with van der Waals surface area (Å²) in [4.78, 5) is 24.7. The molecule has 32 heavy (non-hydrogen) atoms. The fourth-order valence-corrected chi connectivity index (χ4v) is 5.29. The maximum atomic E-state index is 12.8. The highest BCUT2D eigenvalue weighted by atomic mass is 32.1. The van der Waals surface area contributed by atoms with E-state index in [0.29, 0.717) is 18.1 Å². The number of halogens is 3. The van der Waals surface area contributed by atoms with Crippen LogP contribution in [0.5, 0.6) is 0 Å². The van der Waals surface area contributed by atoms with Crippen LogP contribution < -0.4 is 5.32 Å². The van der Waals surface area contributed by atoms with Gasteiger partial charge in [0.05, 0.1) is 17.5 Å². The number of nitrogens with zero attached hydrogens (tertiary/aromatic N) is 3. The van der Waals surface area contributed by atoms with Gasteiger partial charge in [-0.1, -0.05) is 18.2 Å². The monoisotopic (exact) mass is 466 g/mol. The van der Waals surface area contributed by atoms with E-state index in [1.165, 1.54) is 0 Å². The maximum Gasteiger partial charge on any atom is 0.393 e. The highest BCUT2D eigenvalue weighted by Gasteiger charge is 2.35. The number of rotatable bonds is 5. The molecule has 0 bridgehead atoms. The Morgan fingerprint density at radius 3 is 2.66 bits per heavy atom. The second kappa shape index (κ2) is 9.11. The van der Waals surface area contributed by atoms with Crippen molar-refractivity contribution in [3.05, 3.63) is 52.4 Å². The number of aliphatic imine (C=N–C) groups is 1. The van der Waals surface area contributed by atoms with Gasteiger partial charge in [0, 0.05) is 31.1 Å². The number of hydrogen-bond acceptors (Lipinski definition) is 7. The molecule has 1 saturated carbocycles. The van der Waals surface area contributed by atoms with Gasteiger partial charge in [0.25, 0.3) is 0 Å². The first-order valence-electron chi connectivity index (χ1n) is 10.4. The van der Waals surface area contributed by atoms with E-state index in [4.69, 9.17) is 4.84 Å². The summed E-state index contributed by atoms with van der Waals surface area (Å²) in [7, 11) is 3.69. The van der Waals surface area contributed by atoms with E-state index >= 15 is 0 Å². The lowest BCUT2D eigenvalue weighted by Gasteiger charge is -2.31. The molecule has 6 nitrogen and oxygen atoms in total. The second-order valence-corrected chi connectivity index (χ2v) is 9.22. The molecule has 1 N–H and O–H groups in total. The Labute approximate surface area is 188 Å². The van der Waals surface area contributed by atoms with Gasteiger partial charge in [-0.3, -0.25) is 0 Å². The molecular formula is C22H25F3N4O2S. The van der Waals surface area contributed by atoms with Crippen LogP contribution in [0.15, 0.2) is 41.4 Å². The van der Waals surface area contributed by atoms with Crippen LogP contribution in [-0.4, -0.2) is 60.8 Å². The SMILES string of the molecule is CN(OC(=O)c1ccccc1)C1CCC(N(C)C2=NCNc3sc(CC(F)(F)F)cc32)C1. The van der Waals surface area contributed by atoms with Gasteiger partial charge in [0.1, 0.15) is 17.5 Å². The Bertz CT molecular complexity index is 993. The van der Waals surface area contributed by atoms with Crippen LogP contribution in [-0.2, 0) is 11.3 Å². The Hall–Kier alpha value is -2.59. The summed E-state index contributed by atoms with van der Waals surface area (Å²) in [6, 6.07) is 10.6. The average Bonchev–Trinajstić information content (AvgIpc) is 3.39. The van der Waals surface area contributed by atoms with Crippen LogP contribution in [0.3, 0.4) is 0 Å². The summed E-state index contributed by atoms with van der Waals surface area (Å²) in [5.74, 6) is 0.311. The largest absolute Gasteiger partial charge is 0.393 e. The van der Waals surface area contributed by atoms with E-state index in [2.05, 4.69) is 15.2 Å². The molecule has 1 aliphatic carbocycles. The highest BCUT2D eigenvalue weighted by molar-refractivity contribution is 7.16. The molecule has 4 rings (SSSR count). The molecule has 0 radical (unpaired) electrons. The fourth-order valence-electron chi connectivity index (χ4n) is 4.22. The number of nitrogens with one attached hydrogen (secondary N) is 1. The van der Waals surface area contributed by atoms with Crippen molar-refractivity contribution in [2.45, 2.75) is 43.9 Å². The van der Waals surface area contributed by atoms with Crippen molar-refractivity contribution in [3.63, 3.8) is 0 Å². The van der Waals surface area contributed by atoms with Gasteiger partial charge in [0.2, 0.25) is 0 Å². The van der Waals surface area contributed by atoms with E-state index in [1.54, 1.807) is 42.4 Å². The zero-order valence-electron chi connectivity index (χ0n) is 17.9. The van der Waals surface area contributed by atoms with E-state index in [-0.39, 0.29) is 17.0 Å². The number of thiophene rings is 1. The lowest BCUT2D eigenvalue weighted by atomic mass is 10.1. The molecule has 2 unspecified atom stereocenters. The lowest BCUT2D eigenvalue weighted by Crippen LogP contribution is -2.39. The lowest BCUT2D eigenvalue weighted by molar-refractivity contribution is -0.126. The first-order chi connectivity index (χ1) is 15.2. The normalized spacial score (nSPS) is 20.5. The summed E-state index contributed by atoms with van der Waals surface area (Å²) in [5, 5.41) is 5.42. The standard InChI is InChI=1S/C22H25F3N4O2S/c1-28(19-18-11-17(12-22(23,24)25)32-20(18)27-13-26-19)15-8-9-16(10-15)29(2)31-21(30)14-6-4-3-5-7-14/h3-7,11,15-16,27H,8-10,12-13H2,1-2H3. The number of amidine groups is 1. The zero-order valence-corrected chi connectivity index (χ0v) is 18.7. The van der Waals surface area contributed by atoms with E-state index in [1.807, 2.05) is 13.1 Å². The molecule has 2 atom stereocenters. The van der Waals surface area contributed by atoms with Gasteiger partial charge in [-0.25, -0.2) is 9.79 Å². The third-order valence-corrected chi connectivity index (χ3v) is 6.97. The predicted molar refractivity (Wildman–Crippen MR) is 118 cm³/mol. The van der Waals surface area contributed by atoms with Gasteiger partial charge in [-0.2, -0.15) is 13.2 Å². The summed E-state index contributed by atoms with van der Waals surface area (Å²) in [6.07, 6.45) is -2.70. The molecule has 2 aromatic rings. The van der Waals surface area contributed by atoms with Crippen LogP contribution in [0.2, 0.25) is 0 Å². The Morgan fingerprint density at radius 1 is 1.22 bits per heavy atom. The quantitative estimate of drug-likeness (QED) is 0.656. The van der Waals surface area contributed by atoms with Gasteiger partial charge in [-0.15, -0.1) is 16.4 Å². The number of carbonyl (C=O) groups excluding carboxylic acids is 1. The molecule has 0 spiro atoms. The topological polar surface area (TPSA) is 57.2 Å².